The predicted octanol–water partition coefficient (Wildman–Crippen LogP) is 3.21. The first kappa shape index (κ1) is 21.1. The smallest absolute Gasteiger partial charge is 0.237 e. The van der Waals surface area contributed by atoms with E-state index < -0.39 is 6.04 Å². The number of carbonyl (C=O) groups excluding carboxylic acids is 2. The molecule has 2 aromatic rings. The Bertz CT molecular complexity index is 803. The van der Waals surface area contributed by atoms with Crippen LogP contribution in [0.4, 0.5) is 0 Å². The second-order valence-corrected chi connectivity index (χ2v) is 8.08. The van der Waals surface area contributed by atoms with Crippen molar-refractivity contribution in [3.63, 3.8) is 0 Å². The Morgan fingerprint density at radius 2 is 1.79 bits per heavy atom. The van der Waals surface area contributed by atoms with Gasteiger partial charge in [0.2, 0.25) is 11.8 Å². The predicted molar refractivity (Wildman–Crippen MR) is 116 cm³/mol. The van der Waals surface area contributed by atoms with Crippen LogP contribution in [-0.2, 0) is 16.1 Å². The zero-order valence-corrected chi connectivity index (χ0v) is 17.4. The van der Waals surface area contributed by atoms with Crippen molar-refractivity contribution in [2.75, 3.05) is 19.6 Å². The molecule has 1 aliphatic rings. The zero-order chi connectivity index (χ0) is 20.6. The van der Waals surface area contributed by atoms with Gasteiger partial charge in [-0.2, -0.15) is 0 Å². The molecule has 5 nitrogen and oxygen atoms in total. The van der Waals surface area contributed by atoms with Crippen LogP contribution in [0.25, 0.3) is 11.1 Å². The molecule has 1 unspecified atom stereocenters. The van der Waals surface area contributed by atoms with Crippen LogP contribution < -0.4 is 10.6 Å². The normalized spacial score (nSPS) is 17.2. The Morgan fingerprint density at radius 3 is 2.48 bits per heavy atom. The molecule has 29 heavy (non-hydrogen) atoms. The van der Waals surface area contributed by atoms with E-state index in [0.717, 1.165) is 18.5 Å². The van der Waals surface area contributed by atoms with Crippen molar-refractivity contribution in [3.8, 4) is 11.1 Å². The molecule has 1 heterocycles. The first-order valence-electron chi connectivity index (χ1n) is 10.5. The summed E-state index contributed by atoms with van der Waals surface area (Å²) in [6.45, 7) is 6.94. The van der Waals surface area contributed by atoms with E-state index in [0.29, 0.717) is 25.6 Å². The Morgan fingerprint density at radius 1 is 1.10 bits per heavy atom. The maximum absolute atomic E-state index is 12.4. The lowest BCUT2D eigenvalue weighted by atomic mass is 10.0. The third-order valence-electron chi connectivity index (χ3n) is 5.31. The van der Waals surface area contributed by atoms with Gasteiger partial charge in [0.15, 0.2) is 0 Å². The first-order valence-corrected chi connectivity index (χ1v) is 10.5. The van der Waals surface area contributed by atoms with Crippen LogP contribution in [0.3, 0.4) is 0 Å². The Balaban J connectivity index is 1.61. The van der Waals surface area contributed by atoms with E-state index in [9.17, 15) is 9.59 Å². The topological polar surface area (TPSA) is 61.4 Å². The highest BCUT2D eigenvalue weighted by Crippen LogP contribution is 2.21. The minimum atomic E-state index is -0.420. The third-order valence-corrected chi connectivity index (χ3v) is 5.31. The fourth-order valence-electron chi connectivity index (χ4n) is 3.59. The molecule has 0 aliphatic carbocycles. The largest absolute Gasteiger partial charge is 0.356 e. The maximum atomic E-state index is 12.4. The van der Waals surface area contributed by atoms with Crippen molar-refractivity contribution in [2.45, 2.75) is 39.3 Å². The molecular formula is C24H31N3O2. The van der Waals surface area contributed by atoms with Crippen molar-refractivity contribution in [1.82, 2.24) is 15.5 Å². The van der Waals surface area contributed by atoms with Gasteiger partial charge in [0.05, 0.1) is 12.5 Å². The van der Waals surface area contributed by atoms with Crippen molar-refractivity contribution in [1.29, 1.82) is 0 Å². The molecule has 1 atom stereocenters. The number of amides is 2. The number of hydrogen-bond donors (Lipinski definition) is 2. The summed E-state index contributed by atoms with van der Waals surface area (Å²) in [4.78, 5) is 26.8. The van der Waals surface area contributed by atoms with E-state index in [1.54, 1.807) is 0 Å². The minimum absolute atomic E-state index is 0.0582. The van der Waals surface area contributed by atoms with Crippen LogP contribution in [-0.4, -0.2) is 42.4 Å². The highest BCUT2D eigenvalue weighted by Gasteiger charge is 2.31. The van der Waals surface area contributed by atoms with Gasteiger partial charge in [-0.1, -0.05) is 68.4 Å². The second kappa shape index (κ2) is 10.2. The molecule has 1 fully saturated rings. The lowest BCUT2D eigenvalue weighted by molar-refractivity contribution is -0.134. The summed E-state index contributed by atoms with van der Waals surface area (Å²) in [5.41, 5.74) is 3.50. The molecule has 0 aromatic heterocycles. The molecule has 3 rings (SSSR count). The highest BCUT2D eigenvalue weighted by atomic mass is 16.2. The van der Waals surface area contributed by atoms with E-state index in [1.807, 2.05) is 18.2 Å². The monoisotopic (exact) mass is 393 g/mol. The molecule has 2 aromatic carbocycles. The van der Waals surface area contributed by atoms with Gasteiger partial charge >= 0.3 is 0 Å². The summed E-state index contributed by atoms with van der Waals surface area (Å²) in [5.74, 6) is 0.428. The molecule has 2 N–H and O–H groups in total. The molecule has 1 saturated heterocycles. The van der Waals surface area contributed by atoms with Crippen molar-refractivity contribution >= 4 is 11.8 Å². The number of nitrogens with one attached hydrogen (secondary N) is 2. The average Bonchev–Trinajstić information content (AvgIpc) is 2.71. The summed E-state index contributed by atoms with van der Waals surface area (Å²) >= 11 is 0. The molecule has 5 heteroatoms. The van der Waals surface area contributed by atoms with Crippen LogP contribution in [0.2, 0.25) is 0 Å². The first-order chi connectivity index (χ1) is 14.0. The highest BCUT2D eigenvalue weighted by molar-refractivity contribution is 5.88. The summed E-state index contributed by atoms with van der Waals surface area (Å²) in [5, 5.41) is 5.84. The number of piperazine rings is 1. The SMILES string of the molecule is CC(C)CCNC(=O)CC1C(=O)NCCN1Cc1ccc(-c2ccccc2)cc1. The van der Waals surface area contributed by atoms with E-state index in [-0.39, 0.29) is 18.2 Å². The van der Waals surface area contributed by atoms with E-state index in [1.165, 1.54) is 11.1 Å². The Kier molecular flexibility index (Phi) is 7.42. The molecule has 154 valence electrons. The van der Waals surface area contributed by atoms with Crippen LogP contribution in [0.5, 0.6) is 0 Å². The molecule has 0 spiro atoms. The lowest BCUT2D eigenvalue weighted by Gasteiger charge is -2.34. The van der Waals surface area contributed by atoms with E-state index in [2.05, 4.69) is 65.8 Å². The Labute approximate surface area is 173 Å². The molecule has 0 bridgehead atoms. The standard InChI is InChI=1S/C24H31N3O2/c1-18(2)12-13-25-23(28)16-22-24(29)26-14-15-27(22)17-19-8-10-21(11-9-19)20-6-4-3-5-7-20/h3-11,18,22H,12-17H2,1-2H3,(H,25,28)(H,26,29). The summed E-state index contributed by atoms with van der Waals surface area (Å²) < 4.78 is 0. The van der Waals surface area contributed by atoms with Crippen molar-refractivity contribution in [2.24, 2.45) is 5.92 Å². The van der Waals surface area contributed by atoms with Gasteiger partial charge in [-0.05, 0) is 29.0 Å². The number of benzene rings is 2. The number of hydrogen-bond acceptors (Lipinski definition) is 3. The fourth-order valence-corrected chi connectivity index (χ4v) is 3.59. The Hall–Kier alpha value is -2.66. The van der Waals surface area contributed by atoms with Gasteiger partial charge in [-0.25, -0.2) is 0 Å². The van der Waals surface area contributed by atoms with Gasteiger partial charge in [0.1, 0.15) is 0 Å². The van der Waals surface area contributed by atoms with Crippen molar-refractivity contribution in [3.05, 3.63) is 60.2 Å². The van der Waals surface area contributed by atoms with Gasteiger partial charge in [0, 0.05) is 26.2 Å². The molecule has 1 aliphatic heterocycles. The number of rotatable bonds is 8. The molecular weight excluding hydrogens is 362 g/mol. The summed E-state index contributed by atoms with van der Waals surface area (Å²) in [6, 6.07) is 18.3. The third kappa shape index (κ3) is 6.16. The van der Waals surface area contributed by atoms with E-state index >= 15 is 0 Å². The molecule has 2 amide bonds. The van der Waals surface area contributed by atoms with Gasteiger partial charge in [-0.3, -0.25) is 14.5 Å². The van der Waals surface area contributed by atoms with Crippen LogP contribution in [0.15, 0.2) is 54.6 Å². The molecule has 0 radical (unpaired) electrons. The maximum Gasteiger partial charge on any atom is 0.237 e. The number of nitrogens with zero attached hydrogens (tertiary/aromatic N) is 1. The summed E-state index contributed by atoms with van der Waals surface area (Å²) in [7, 11) is 0. The van der Waals surface area contributed by atoms with Crippen LogP contribution in [0.1, 0.15) is 32.3 Å². The summed E-state index contributed by atoms with van der Waals surface area (Å²) in [6.07, 6.45) is 1.14. The molecule has 0 saturated carbocycles. The van der Waals surface area contributed by atoms with Crippen LogP contribution >= 0.6 is 0 Å². The fraction of sp³-hybridized carbons (Fsp3) is 0.417. The quantitative estimate of drug-likeness (QED) is 0.724. The average molecular weight is 394 g/mol. The van der Waals surface area contributed by atoms with Gasteiger partial charge < -0.3 is 10.6 Å². The number of carbonyl (C=O) groups is 2. The van der Waals surface area contributed by atoms with Gasteiger partial charge in [0.25, 0.3) is 0 Å². The minimum Gasteiger partial charge on any atom is -0.356 e. The van der Waals surface area contributed by atoms with E-state index in [4.69, 9.17) is 0 Å². The van der Waals surface area contributed by atoms with Crippen molar-refractivity contribution < 1.29 is 9.59 Å². The van der Waals surface area contributed by atoms with Crippen LogP contribution in [0, 0.1) is 5.92 Å². The van der Waals surface area contributed by atoms with Gasteiger partial charge in [-0.15, -0.1) is 0 Å². The lowest BCUT2D eigenvalue weighted by Crippen LogP contribution is -2.56. The second-order valence-electron chi connectivity index (χ2n) is 8.08. The zero-order valence-electron chi connectivity index (χ0n) is 17.4.